The first kappa shape index (κ1) is 21.8. The zero-order valence-electron chi connectivity index (χ0n) is 18.2. The molecule has 2 N–H and O–H groups in total. The molecule has 1 aliphatic carbocycles. The van der Waals surface area contributed by atoms with Gasteiger partial charge >= 0.3 is 5.97 Å². The van der Waals surface area contributed by atoms with Crippen molar-refractivity contribution in [1.82, 2.24) is 5.48 Å². The number of carbonyl (C=O) groups excluding carboxylic acids is 2. The maximum atomic E-state index is 12.5. The Labute approximate surface area is 187 Å². The lowest BCUT2D eigenvalue weighted by molar-refractivity contribution is -0.152. The molecule has 1 aliphatic rings. The Kier molecular flexibility index (Phi) is 6.15. The molecule has 6 nitrogen and oxygen atoms in total. The van der Waals surface area contributed by atoms with Crippen LogP contribution in [0.15, 0.2) is 66.7 Å². The van der Waals surface area contributed by atoms with E-state index in [1.807, 2.05) is 43.3 Å². The van der Waals surface area contributed by atoms with Gasteiger partial charge in [0.25, 0.3) is 0 Å². The Morgan fingerprint density at radius 2 is 1.81 bits per heavy atom. The molecular weight excluding hydrogens is 406 g/mol. The molecular formula is C26H27NO5. The number of hydrogen-bond acceptors (Lipinski definition) is 5. The summed E-state index contributed by atoms with van der Waals surface area (Å²) in [7, 11) is 0. The zero-order valence-corrected chi connectivity index (χ0v) is 18.2. The van der Waals surface area contributed by atoms with Crippen molar-refractivity contribution in [2.75, 3.05) is 6.61 Å². The number of hydroxylamine groups is 1. The van der Waals surface area contributed by atoms with Crippen molar-refractivity contribution in [3.05, 3.63) is 77.9 Å². The summed E-state index contributed by atoms with van der Waals surface area (Å²) in [6.45, 7) is 3.99. The average molecular weight is 434 g/mol. The molecule has 0 bridgehead atoms. The van der Waals surface area contributed by atoms with Gasteiger partial charge in [-0.25, -0.2) is 5.48 Å². The summed E-state index contributed by atoms with van der Waals surface area (Å²) < 4.78 is 11.3. The van der Waals surface area contributed by atoms with Crippen LogP contribution in [0.1, 0.15) is 37.5 Å². The van der Waals surface area contributed by atoms with E-state index < -0.39 is 23.2 Å². The van der Waals surface area contributed by atoms with Gasteiger partial charge in [-0.15, -0.1) is 0 Å². The lowest BCUT2D eigenvalue weighted by Crippen LogP contribution is -2.30. The van der Waals surface area contributed by atoms with Crippen molar-refractivity contribution in [2.24, 2.45) is 11.3 Å². The minimum Gasteiger partial charge on any atom is -0.486 e. The van der Waals surface area contributed by atoms with Crippen LogP contribution in [0.25, 0.3) is 10.8 Å². The SMILES string of the molecule is CCOC(=O)[C@@]1(Cc2ccc(OC(C)c3ccc4ccccc4c3)cc2)C[C@@H]1C(=O)NO. The first-order chi connectivity index (χ1) is 15.5. The topological polar surface area (TPSA) is 84.9 Å². The van der Waals surface area contributed by atoms with E-state index in [4.69, 9.17) is 14.7 Å². The molecule has 32 heavy (non-hydrogen) atoms. The summed E-state index contributed by atoms with van der Waals surface area (Å²) >= 11 is 0. The van der Waals surface area contributed by atoms with Crippen molar-refractivity contribution in [2.45, 2.75) is 32.8 Å². The third-order valence-corrected chi connectivity index (χ3v) is 6.18. The van der Waals surface area contributed by atoms with Gasteiger partial charge in [-0.1, -0.05) is 48.5 Å². The molecule has 166 valence electrons. The van der Waals surface area contributed by atoms with Crippen LogP contribution in [-0.4, -0.2) is 23.7 Å². The molecule has 1 fully saturated rings. The molecule has 1 unspecified atom stereocenters. The highest BCUT2D eigenvalue weighted by molar-refractivity contribution is 5.93. The van der Waals surface area contributed by atoms with Crippen LogP contribution in [0.5, 0.6) is 5.75 Å². The van der Waals surface area contributed by atoms with Crippen molar-refractivity contribution in [3.63, 3.8) is 0 Å². The average Bonchev–Trinajstić information content (AvgIpc) is 3.55. The molecule has 3 aromatic carbocycles. The third-order valence-electron chi connectivity index (χ3n) is 6.18. The van der Waals surface area contributed by atoms with Gasteiger partial charge in [0.05, 0.1) is 17.9 Å². The zero-order chi connectivity index (χ0) is 22.7. The highest BCUT2D eigenvalue weighted by Crippen LogP contribution is 2.56. The lowest BCUT2D eigenvalue weighted by Gasteiger charge is -2.18. The fourth-order valence-corrected chi connectivity index (χ4v) is 4.28. The Hall–Kier alpha value is -3.38. The summed E-state index contributed by atoms with van der Waals surface area (Å²) in [4.78, 5) is 24.4. The monoisotopic (exact) mass is 433 g/mol. The smallest absolute Gasteiger partial charge is 0.313 e. The number of nitrogens with one attached hydrogen (secondary N) is 1. The van der Waals surface area contributed by atoms with Gasteiger partial charge < -0.3 is 9.47 Å². The summed E-state index contributed by atoms with van der Waals surface area (Å²) in [5.41, 5.74) is 2.72. The Morgan fingerprint density at radius 1 is 1.09 bits per heavy atom. The van der Waals surface area contributed by atoms with Gasteiger partial charge in [-0.3, -0.25) is 14.8 Å². The number of amides is 1. The highest BCUT2D eigenvalue weighted by atomic mass is 16.5. The van der Waals surface area contributed by atoms with Gasteiger partial charge in [0, 0.05) is 0 Å². The predicted octanol–water partition coefficient (Wildman–Crippen LogP) is 4.60. The Morgan fingerprint density at radius 3 is 2.50 bits per heavy atom. The number of rotatable bonds is 8. The number of carbonyl (C=O) groups is 2. The van der Waals surface area contributed by atoms with Gasteiger partial charge in [-0.2, -0.15) is 0 Å². The highest BCUT2D eigenvalue weighted by Gasteiger charge is 2.64. The first-order valence-corrected chi connectivity index (χ1v) is 10.8. The Bertz CT molecular complexity index is 1130. The van der Waals surface area contributed by atoms with Crippen molar-refractivity contribution < 1.29 is 24.3 Å². The predicted molar refractivity (Wildman–Crippen MR) is 120 cm³/mol. The van der Waals surface area contributed by atoms with Gasteiger partial charge in [-0.05, 0) is 66.8 Å². The minimum absolute atomic E-state index is 0.127. The summed E-state index contributed by atoms with van der Waals surface area (Å²) in [6, 6.07) is 22.1. The normalized spacial score (nSPS) is 20.4. The summed E-state index contributed by atoms with van der Waals surface area (Å²) in [5, 5.41) is 11.3. The van der Waals surface area contributed by atoms with Gasteiger partial charge in [0.1, 0.15) is 11.9 Å². The van der Waals surface area contributed by atoms with Crippen molar-refractivity contribution >= 4 is 22.6 Å². The summed E-state index contributed by atoms with van der Waals surface area (Å²) in [5.74, 6) is -0.823. The minimum atomic E-state index is -0.927. The van der Waals surface area contributed by atoms with Crippen LogP contribution < -0.4 is 10.2 Å². The molecule has 0 aromatic heterocycles. The van der Waals surface area contributed by atoms with E-state index in [1.54, 1.807) is 12.4 Å². The van der Waals surface area contributed by atoms with E-state index in [1.165, 1.54) is 10.8 Å². The molecule has 0 saturated heterocycles. The van der Waals surface area contributed by atoms with E-state index in [0.29, 0.717) is 12.8 Å². The molecule has 0 aliphatic heterocycles. The van der Waals surface area contributed by atoms with E-state index in [9.17, 15) is 9.59 Å². The molecule has 3 atom stereocenters. The molecule has 0 radical (unpaired) electrons. The number of benzene rings is 3. The number of esters is 1. The molecule has 3 aromatic rings. The van der Waals surface area contributed by atoms with Crippen LogP contribution in [0.4, 0.5) is 0 Å². The quantitative estimate of drug-likeness (QED) is 0.308. The standard InChI is InChI=1S/C26H27NO5/c1-3-31-25(29)26(16-23(26)24(28)27-30)15-18-8-12-22(13-9-18)32-17(2)20-11-10-19-6-4-5-7-21(19)14-20/h4-14,17,23,30H,3,15-16H2,1-2H3,(H,27,28)/t17?,23-,26+/m1/s1. The number of ether oxygens (including phenoxy) is 2. The molecule has 1 saturated carbocycles. The fourth-order valence-electron chi connectivity index (χ4n) is 4.28. The molecule has 0 heterocycles. The van der Waals surface area contributed by atoms with Crippen molar-refractivity contribution in [1.29, 1.82) is 0 Å². The van der Waals surface area contributed by atoms with E-state index >= 15 is 0 Å². The second-order valence-corrected chi connectivity index (χ2v) is 8.30. The van der Waals surface area contributed by atoms with Crippen LogP contribution in [0.3, 0.4) is 0 Å². The van der Waals surface area contributed by atoms with Crippen LogP contribution in [0.2, 0.25) is 0 Å². The van der Waals surface area contributed by atoms with Crippen LogP contribution in [0, 0.1) is 11.3 Å². The molecule has 1 amide bonds. The Balaban J connectivity index is 1.45. The second-order valence-electron chi connectivity index (χ2n) is 8.30. The molecule has 0 spiro atoms. The maximum absolute atomic E-state index is 12.5. The largest absolute Gasteiger partial charge is 0.486 e. The fraction of sp³-hybridized carbons (Fsp3) is 0.308. The van der Waals surface area contributed by atoms with E-state index in [2.05, 4.69) is 30.3 Å². The first-order valence-electron chi connectivity index (χ1n) is 10.8. The second kappa shape index (κ2) is 9.01. The van der Waals surface area contributed by atoms with E-state index in [-0.39, 0.29) is 12.7 Å². The summed E-state index contributed by atoms with van der Waals surface area (Å²) in [6.07, 6.45) is 0.595. The number of fused-ring (bicyclic) bond motifs is 1. The van der Waals surface area contributed by atoms with Crippen LogP contribution >= 0.6 is 0 Å². The lowest BCUT2D eigenvalue weighted by atomic mass is 9.93. The van der Waals surface area contributed by atoms with Gasteiger partial charge in [0.15, 0.2) is 0 Å². The molecule has 4 rings (SSSR count). The van der Waals surface area contributed by atoms with E-state index in [0.717, 1.165) is 16.9 Å². The van der Waals surface area contributed by atoms with Gasteiger partial charge in [0.2, 0.25) is 5.91 Å². The number of hydrogen-bond donors (Lipinski definition) is 2. The van der Waals surface area contributed by atoms with Crippen molar-refractivity contribution in [3.8, 4) is 5.75 Å². The van der Waals surface area contributed by atoms with Crippen LogP contribution in [-0.2, 0) is 20.7 Å². The third kappa shape index (κ3) is 4.32. The maximum Gasteiger partial charge on any atom is 0.313 e. The molecule has 6 heteroatoms.